The molecule has 2 amide bonds. The second-order valence-corrected chi connectivity index (χ2v) is 6.15. The molecule has 0 aliphatic carbocycles. The standard InChI is InChI=1S/C16H18ClF3N2O4/c1-25-12-8-11(13(26-2)7-10(12)17)21-14(23)9-3-5-22(6-4-9)15(24)16(18,19)20/h7-9H,3-6H2,1-2H3,(H,21,23). The van der Waals surface area contributed by atoms with E-state index >= 15 is 0 Å². The molecule has 0 radical (unpaired) electrons. The van der Waals surface area contributed by atoms with Gasteiger partial charge in [-0.15, -0.1) is 0 Å². The summed E-state index contributed by atoms with van der Waals surface area (Å²) in [6.45, 7) is -0.255. The van der Waals surface area contributed by atoms with E-state index < -0.39 is 18.0 Å². The van der Waals surface area contributed by atoms with Crippen molar-refractivity contribution in [2.45, 2.75) is 19.0 Å². The fraction of sp³-hybridized carbons (Fsp3) is 0.500. The van der Waals surface area contributed by atoms with Crippen LogP contribution in [-0.2, 0) is 9.59 Å². The minimum Gasteiger partial charge on any atom is -0.495 e. The quantitative estimate of drug-likeness (QED) is 0.852. The summed E-state index contributed by atoms with van der Waals surface area (Å²) >= 11 is 6.00. The molecule has 0 atom stereocenters. The van der Waals surface area contributed by atoms with E-state index in [1.807, 2.05) is 0 Å². The van der Waals surface area contributed by atoms with Crippen molar-refractivity contribution >= 4 is 29.1 Å². The van der Waals surface area contributed by atoms with Crippen LogP contribution in [0.1, 0.15) is 12.8 Å². The van der Waals surface area contributed by atoms with Crippen LogP contribution >= 0.6 is 11.6 Å². The van der Waals surface area contributed by atoms with Gasteiger partial charge in [-0.25, -0.2) is 0 Å². The first-order valence-electron chi connectivity index (χ1n) is 7.75. The van der Waals surface area contributed by atoms with Crippen molar-refractivity contribution in [2.24, 2.45) is 5.92 Å². The number of halogens is 4. The van der Waals surface area contributed by atoms with Gasteiger partial charge >= 0.3 is 12.1 Å². The molecule has 26 heavy (non-hydrogen) atoms. The number of hydrogen-bond donors (Lipinski definition) is 1. The van der Waals surface area contributed by atoms with Gasteiger partial charge in [0.1, 0.15) is 11.5 Å². The zero-order chi connectivity index (χ0) is 19.5. The molecular formula is C16H18ClF3N2O4. The summed E-state index contributed by atoms with van der Waals surface area (Å²) in [7, 11) is 2.84. The molecule has 1 aliphatic heterocycles. The summed E-state index contributed by atoms with van der Waals surface area (Å²) < 4.78 is 47.6. The number of nitrogens with zero attached hydrogens (tertiary/aromatic N) is 1. The molecular weight excluding hydrogens is 377 g/mol. The van der Waals surface area contributed by atoms with Gasteiger partial charge in [0.25, 0.3) is 0 Å². The Kier molecular flexibility index (Phi) is 6.22. The first-order chi connectivity index (χ1) is 12.2. The Morgan fingerprint density at radius 1 is 1.15 bits per heavy atom. The molecule has 0 aromatic heterocycles. The van der Waals surface area contributed by atoms with Crippen molar-refractivity contribution in [3.05, 3.63) is 17.2 Å². The van der Waals surface area contributed by atoms with E-state index in [0.29, 0.717) is 22.2 Å². The number of anilines is 1. The number of carbonyl (C=O) groups excluding carboxylic acids is 2. The highest BCUT2D eigenvalue weighted by molar-refractivity contribution is 6.32. The number of ether oxygens (including phenoxy) is 2. The third-order valence-corrected chi connectivity index (χ3v) is 4.42. The van der Waals surface area contributed by atoms with Crippen LogP contribution in [0.15, 0.2) is 12.1 Å². The highest BCUT2D eigenvalue weighted by Gasteiger charge is 2.43. The molecule has 0 spiro atoms. The van der Waals surface area contributed by atoms with Gasteiger partial charge in [-0.2, -0.15) is 13.2 Å². The van der Waals surface area contributed by atoms with E-state index in [1.54, 1.807) is 0 Å². The third kappa shape index (κ3) is 4.51. The summed E-state index contributed by atoms with van der Waals surface area (Å²) in [4.78, 5) is 24.4. The molecule has 2 rings (SSSR count). The number of rotatable bonds is 4. The first-order valence-corrected chi connectivity index (χ1v) is 8.13. The van der Waals surface area contributed by atoms with Crippen LogP contribution in [0.3, 0.4) is 0 Å². The maximum Gasteiger partial charge on any atom is 0.471 e. The molecule has 1 aromatic rings. The number of alkyl halides is 3. The molecule has 0 unspecified atom stereocenters. The van der Waals surface area contributed by atoms with Crippen LogP contribution in [0.2, 0.25) is 5.02 Å². The van der Waals surface area contributed by atoms with Crippen molar-refractivity contribution in [2.75, 3.05) is 32.6 Å². The van der Waals surface area contributed by atoms with Crippen LogP contribution in [0.25, 0.3) is 0 Å². The Hall–Kier alpha value is -2.16. The Balaban J connectivity index is 2.03. The lowest BCUT2D eigenvalue weighted by atomic mass is 9.95. The van der Waals surface area contributed by atoms with E-state index in [1.165, 1.54) is 26.4 Å². The lowest BCUT2D eigenvalue weighted by Gasteiger charge is -2.31. The molecule has 144 valence electrons. The Morgan fingerprint density at radius 2 is 1.73 bits per heavy atom. The number of amides is 2. The van der Waals surface area contributed by atoms with E-state index in [4.69, 9.17) is 21.1 Å². The average molecular weight is 395 g/mol. The number of carbonyl (C=O) groups is 2. The second kappa shape index (κ2) is 8.03. The van der Waals surface area contributed by atoms with Gasteiger partial charge in [-0.05, 0) is 12.8 Å². The van der Waals surface area contributed by atoms with Crippen molar-refractivity contribution in [1.82, 2.24) is 4.90 Å². The van der Waals surface area contributed by atoms with Crippen LogP contribution in [0.5, 0.6) is 11.5 Å². The molecule has 1 aliphatic rings. The van der Waals surface area contributed by atoms with Crippen molar-refractivity contribution < 1.29 is 32.2 Å². The van der Waals surface area contributed by atoms with Gasteiger partial charge in [-0.3, -0.25) is 9.59 Å². The van der Waals surface area contributed by atoms with Gasteiger partial charge in [-0.1, -0.05) is 11.6 Å². The molecule has 1 aromatic carbocycles. The number of hydrogen-bond acceptors (Lipinski definition) is 4. The Morgan fingerprint density at radius 3 is 2.23 bits per heavy atom. The Bertz CT molecular complexity index is 689. The van der Waals surface area contributed by atoms with Crippen molar-refractivity contribution in [3.63, 3.8) is 0 Å². The lowest BCUT2D eigenvalue weighted by Crippen LogP contribution is -2.46. The van der Waals surface area contributed by atoms with Crippen LogP contribution in [-0.4, -0.2) is 50.2 Å². The largest absolute Gasteiger partial charge is 0.495 e. The number of methoxy groups -OCH3 is 2. The van der Waals surface area contributed by atoms with E-state index in [9.17, 15) is 22.8 Å². The van der Waals surface area contributed by atoms with E-state index in [-0.39, 0.29) is 31.8 Å². The van der Waals surface area contributed by atoms with Crippen molar-refractivity contribution in [1.29, 1.82) is 0 Å². The van der Waals surface area contributed by atoms with Crippen molar-refractivity contribution in [3.8, 4) is 11.5 Å². The fourth-order valence-corrected chi connectivity index (χ4v) is 2.95. The first kappa shape index (κ1) is 20.2. The predicted molar refractivity (Wildman–Crippen MR) is 88.5 cm³/mol. The monoisotopic (exact) mass is 394 g/mol. The summed E-state index contributed by atoms with van der Waals surface area (Å²) in [6, 6.07) is 2.99. The van der Waals surface area contributed by atoms with Gasteiger partial charge in [0.05, 0.1) is 24.9 Å². The lowest BCUT2D eigenvalue weighted by molar-refractivity contribution is -0.186. The molecule has 10 heteroatoms. The van der Waals surface area contributed by atoms with Gasteiger partial charge < -0.3 is 19.7 Å². The van der Waals surface area contributed by atoms with Crippen LogP contribution in [0.4, 0.5) is 18.9 Å². The zero-order valence-corrected chi connectivity index (χ0v) is 14.9. The van der Waals surface area contributed by atoms with E-state index in [2.05, 4.69) is 5.32 Å². The number of nitrogens with one attached hydrogen (secondary N) is 1. The SMILES string of the molecule is COc1cc(NC(=O)C2CCN(C(=O)C(F)(F)F)CC2)c(OC)cc1Cl. The summed E-state index contributed by atoms with van der Waals surface area (Å²) in [5, 5.41) is 2.99. The zero-order valence-electron chi connectivity index (χ0n) is 14.2. The minimum atomic E-state index is -4.90. The van der Waals surface area contributed by atoms with Crippen LogP contribution < -0.4 is 14.8 Å². The molecule has 1 saturated heterocycles. The summed E-state index contributed by atoms with van der Waals surface area (Å²) in [5.41, 5.74) is 0.340. The number of benzene rings is 1. The second-order valence-electron chi connectivity index (χ2n) is 5.74. The molecule has 0 saturated carbocycles. The summed E-state index contributed by atoms with van der Waals surface area (Å²) in [6.07, 6.45) is -4.62. The third-order valence-electron chi connectivity index (χ3n) is 4.13. The Labute approximate surface area is 153 Å². The van der Waals surface area contributed by atoms with Crippen LogP contribution in [0, 0.1) is 5.92 Å². The number of likely N-dealkylation sites (tertiary alicyclic amines) is 1. The summed E-state index contributed by atoms with van der Waals surface area (Å²) in [5.74, 6) is -2.09. The molecule has 6 nitrogen and oxygen atoms in total. The average Bonchev–Trinajstić information content (AvgIpc) is 2.61. The topological polar surface area (TPSA) is 67.9 Å². The fourth-order valence-electron chi connectivity index (χ4n) is 2.72. The highest BCUT2D eigenvalue weighted by atomic mass is 35.5. The van der Waals surface area contributed by atoms with Gasteiger partial charge in [0.15, 0.2) is 0 Å². The maximum absolute atomic E-state index is 12.5. The highest BCUT2D eigenvalue weighted by Crippen LogP contribution is 2.36. The number of piperidine rings is 1. The van der Waals surface area contributed by atoms with Gasteiger partial charge in [0, 0.05) is 31.1 Å². The molecule has 0 bridgehead atoms. The molecule has 1 fully saturated rings. The van der Waals surface area contributed by atoms with Gasteiger partial charge in [0.2, 0.25) is 5.91 Å². The van der Waals surface area contributed by atoms with E-state index in [0.717, 1.165) is 4.90 Å². The predicted octanol–water partition coefficient (Wildman–Crippen LogP) is 3.10. The maximum atomic E-state index is 12.5. The smallest absolute Gasteiger partial charge is 0.471 e. The molecule has 1 heterocycles. The molecule has 1 N–H and O–H groups in total. The normalized spacial score (nSPS) is 15.5. The minimum absolute atomic E-state index is 0.127.